The Labute approximate surface area is 632 Å². The summed E-state index contributed by atoms with van der Waals surface area (Å²) in [7, 11) is 0. The topological polar surface area (TPSA) is 132 Å². The molecule has 2 rings (SSSR count). The number of ether oxygens (including phenoxy) is 3. The van der Waals surface area contributed by atoms with E-state index in [2.05, 4.69) is 13.2 Å². The molecule has 2 heterocycles. The van der Waals surface area contributed by atoms with Crippen LogP contribution in [-0.4, -0.2) is 81.6 Å². The second kappa shape index (κ2) is 61.0. The summed E-state index contributed by atoms with van der Waals surface area (Å²) < 4.78 is 16.5. The minimum Gasteiger partial charge on any atom is -0.669 e. The van der Waals surface area contributed by atoms with Gasteiger partial charge in [0.05, 0.1) is 24.9 Å². The van der Waals surface area contributed by atoms with E-state index in [4.69, 9.17) is 25.1 Å². The molecule has 2 saturated heterocycles. The van der Waals surface area contributed by atoms with Crippen LogP contribution in [0.3, 0.4) is 0 Å². The molecule has 0 amide bonds. The normalized spacial score (nSPS) is 25.2. The summed E-state index contributed by atoms with van der Waals surface area (Å²) in [4.78, 5) is 0. The summed E-state index contributed by atoms with van der Waals surface area (Å²) in [6.45, 7) is 12.5. The molecule has 42 heavy (non-hydrogen) atoms. The van der Waals surface area contributed by atoms with Gasteiger partial charge in [-0.25, -0.2) is 0 Å². The van der Waals surface area contributed by atoms with Crippen LogP contribution in [0.25, 0.3) is 5.73 Å². The van der Waals surface area contributed by atoms with E-state index in [0.29, 0.717) is 6.42 Å². The van der Waals surface area contributed by atoms with E-state index in [1.807, 2.05) is 20.8 Å². The molecule has 2 fully saturated rings. The Morgan fingerprint density at radius 2 is 1.07 bits per heavy atom. The molecule has 2 unspecified atom stereocenters. The van der Waals surface area contributed by atoms with E-state index >= 15 is 0 Å². The van der Waals surface area contributed by atoms with Gasteiger partial charge in [-0.15, -0.1) is 19.2 Å². The molecule has 0 aromatic carbocycles. The smallest absolute Gasteiger partial charge is 0.163 e. The van der Waals surface area contributed by atoms with Crippen LogP contribution in [0, 0.1) is 0 Å². The Morgan fingerprint density at radius 3 is 1.38 bits per heavy atom. The average Bonchev–Trinajstić information content (AvgIpc) is 2.97. The summed E-state index contributed by atoms with van der Waals surface area (Å²) in [5.41, 5.74) is 7.71. The van der Waals surface area contributed by atoms with Crippen LogP contribution < -0.4 is 0 Å². The Kier molecular flexibility index (Phi) is 148. The van der Waals surface area contributed by atoms with Crippen molar-refractivity contribution in [1.82, 2.24) is 0 Å². The quantitative estimate of drug-likeness (QED) is 0.291. The molecule has 0 aromatic rings. The van der Waals surface area contributed by atoms with Crippen molar-refractivity contribution in [2.45, 2.75) is 88.2 Å². The van der Waals surface area contributed by atoms with Crippen molar-refractivity contribution in [3.63, 3.8) is 0 Å². The van der Waals surface area contributed by atoms with Crippen LogP contribution in [0.4, 0.5) is 0 Å². The van der Waals surface area contributed by atoms with Crippen LogP contribution in [-0.2, 0) is 505 Å². The van der Waals surface area contributed by atoms with Crippen molar-refractivity contribution in [2.24, 2.45) is 0 Å². The van der Waals surface area contributed by atoms with Gasteiger partial charge in [0, 0.05) is 491 Å². The monoisotopic (exact) mass is 1720 g/mol. The zero-order valence-electron chi connectivity index (χ0n) is 25.0. The molecule has 8 nitrogen and oxygen atoms in total. The fourth-order valence-electron chi connectivity index (χ4n) is 3.15. The SMILES string of the molecule is C=CC[C@H]1OC(CO)[C@H](O)[C@H](O)C1O.C=C[C@H]([NH-])[C@@H]1OC(C)(C)O[C@@H]1CC.[Y].[Y].[Y].[Y].[Y].[Y].[Y].[Y].[Y].[Y].[Y].[Y].[Y].[Y].[Y]. The Morgan fingerprint density at radius 1 is 0.690 bits per heavy atom. The third-order valence-electron chi connectivity index (χ3n) is 4.62. The van der Waals surface area contributed by atoms with Crippen LogP contribution in [0.1, 0.15) is 33.6 Å². The molecule has 0 aliphatic carbocycles. The van der Waals surface area contributed by atoms with Crippen molar-refractivity contribution in [1.29, 1.82) is 0 Å². The minimum atomic E-state index is -1.29. The average molecular weight is 1720 g/mol. The van der Waals surface area contributed by atoms with Crippen LogP contribution >= 0.6 is 0 Å². The summed E-state index contributed by atoms with van der Waals surface area (Å²) in [6, 6.07) is -0.397. The molecule has 0 spiro atoms. The van der Waals surface area contributed by atoms with Crippen molar-refractivity contribution >= 4 is 0 Å². The van der Waals surface area contributed by atoms with Gasteiger partial charge in [-0.05, 0) is 26.7 Å². The Balaban J connectivity index is -0.0000000197. The summed E-state index contributed by atoms with van der Waals surface area (Å²) in [5, 5.41) is 37.1. The number of nitrogens with one attached hydrogen (secondary N) is 1. The second-order valence-electron chi connectivity index (χ2n) is 7.20. The predicted molar refractivity (Wildman–Crippen MR) is 101 cm³/mol. The maximum Gasteiger partial charge on any atom is 0.163 e. The van der Waals surface area contributed by atoms with Gasteiger partial charge in [0.1, 0.15) is 24.4 Å². The van der Waals surface area contributed by atoms with Crippen LogP contribution in [0.15, 0.2) is 25.3 Å². The van der Waals surface area contributed by atoms with Crippen molar-refractivity contribution < 1.29 is 525 Å². The van der Waals surface area contributed by atoms with Gasteiger partial charge in [0.15, 0.2) is 5.79 Å². The fourth-order valence-corrected chi connectivity index (χ4v) is 3.15. The molecule has 5 N–H and O–H groups in total. The summed E-state index contributed by atoms with van der Waals surface area (Å²) in [6.07, 6.45) is -0.925. The predicted octanol–water partition coefficient (Wildman–Crippen LogP) is 0.891. The summed E-state index contributed by atoms with van der Waals surface area (Å²) >= 11 is 0. The first kappa shape index (κ1) is 102. The van der Waals surface area contributed by atoms with Crippen LogP contribution in [0.5, 0.6) is 0 Å². The van der Waals surface area contributed by atoms with Gasteiger partial charge in [0.2, 0.25) is 0 Å². The molecular formula is C19H34NO7Y15-. The zero-order chi connectivity index (χ0) is 20.8. The zero-order valence-corrected chi connectivity index (χ0v) is 67.6. The molecule has 0 aromatic heterocycles. The molecule has 2 aliphatic heterocycles. The van der Waals surface area contributed by atoms with Gasteiger partial charge in [-0.3, -0.25) is 0 Å². The van der Waals surface area contributed by atoms with Gasteiger partial charge < -0.3 is 40.4 Å². The molecule has 0 saturated carbocycles. The fraction of sp³-hybridized carbons (Fsp3) is 0.789. The van der Waals surface area contributed by atoms with Crippen molar-refractivity contribution in [2.75, 3.05) is 6.61 Å². The molecule has 2 aliphatic rings. The Hall–Kier alpha value is 15.7. The maximum absolute atomic E-state index is 9.49. The van der Waals surface area contributed by atoms with E-state index in [9.17, 15) is 15.3 Å². The minimum absolute atomic E-state index is 0. The molecule has 0 bridgehead atoms. The van der Waals surface area contributed by atoms with Crippen molar-refractivity contribution in [3.8, 4) is 0 Å². The van der Waals surface area contributed by atoms with E-state index in [-0.39, 0.29) is 503 Å². The van der Waals surface area contributed by atoms with E-state index in [0.717, 1.165) is 6.42 Å². The third kappa shape index (κ3) is 42.4. The number of aliphatic hydroxyl groups is 4. The standard InChI is InChI=1S/C10H18NO2.C9H16O5.15Y/c1-5-7(11)9-8(6-2)12-10(3,4)13-9;1-2-3-5-7(11)9(13)8(12)6(4-10)14-5;;;;;;;;;;;;;;;/h5,7-9,11H,1,6H2,2-4H3;2,5-13H,1,3-4H2;;;;;;;;;;;;;;;/q-1;;;;;;;;;;;;;;;;/t7-,8+,9-;5-,6?,7?,8+,9-;;;;;;;;;;;;;;;/m01.............../s1. The maximum atomic E-state index is 9.49. The molecule has 203 valence electrons. The summed E-state index contributed by atoms with van der Waals surface area (Å²) in [5.74, 6) is -0.548. The Bertz CT molecular complexity index is 510. The van der Waals surface area contributed by atoms with E-state index in [1.165, 1.54) is 0 Å². The van der Waals surface area contributed by atoms with Gasteiger partial charge in [-0.2, -0.15) is 0 Å². The number of hydrogen-bond acceptors (Lipinski definition) is 7. The second-order valence-corrected chi connectivity index (χ2v) is 7.20. The van der Waals surface area contributed by atoms with E-state index < -0.39 is 49.0 Å². The molecule has 23 heteroatoms. The molecular weight excluding hydrogens is 1690 g/mol. The number of aliphatic hydroxyl groups excluding tert-OH is 4. The van der Waals surface area contributed by atoms with Gasteiger partial charge in [-0.1, -0.05) is 19.0 Å². The number of rotatable bonds is 6. The van der Waals surface area contributed by atoms with Crippen LogP contribution in [0.2, 0.25) is 0 Å². The first-order valence-corrected chi connectivity index (χ1v) is 9.22. The molecule has 15 radical (unpaired) electrons. The molecule has 8 atom stereocenters. The number of hydrogen-bond donors (Lipinski definition) is 4. The third-order valence-corrected chi connectivity index (χ3v) is 4.62. The van der Waals surface area contributed by atoms with Crippen molar-refractivity contribution in [3.05, 3.63) is 31.0 Å². The largest absolute Gasteiger partial charge is 0.669 e. The first-order valence-electron chi connectivity index (χ1n) is 9.22. The van der Waals surface area contributed by atoms with Gasteiger partial charge in [0.25, 0.3) is 0 Å². The van der Waals surface area contributed by atoms with E-state index in [1.54, 1.807) is 12.2 Å². The van der Waals surface area contributed by atoms with Gasteiger partial charge >= 0.3 is 0 Å². The first-order chi connectivity index (χ1) is 12.6.